The SMILES string of the molecule is Cn1cccc1C1CC(C(=O)NCCNc2cccnc2)NN1. The van der Waals surface area contributed by atoms with Gasteiger partial charge in [-0.2, -0.15) is 0 Å². The lowest BCUT2D eigenvalue weighted by atomic mass is 10.1. The molecule has 0 bridgehead atoms. The van der Waals surface area contributed by atoms with Gasteiger partial charge >= 0.3 is 0 Å². The number of hydrazine groups is 1. The maximum Gasteiger partial charge on any atom is 0.238 e. The van der Waals surface area contributed by atoms with Crippen molar-refractivity contribution in [3.8, 4) is 0 Å². The van der Waals surface area contributed by atoms with Crippen LogP contribution in [0.1, 0.15) is 18.2 Å². The second-order valence-electron chi connectivity index (χ2n) is 5.63. The first-order valence-corrected chi connectivity index (χ1v) is 7.78. The van der Waals surface area contributed by atoms with Crippen molar-refractivity contribution in [3.63, 3.8) is 0 Å². The molecule has 4 N–H and O–H groups in total. The Morgan fingerprint density at radius 1 is 1.35 bits per heavy atom. The van der Waals surface area contributed by atoms with Crippen molar-refractivity contribution >= 4 is 11.6 Å². The molecule has 7 heteroatoms. The average molecular weight is 314 g/mol. The Hall–Kier alpha value is -2.38. The lowest BCUT2D eigenvalue weighted by molar-refractivity contribution is -0.122. The van der Waals surface area contributed by atoms with Crippen LogP contribution in [-0.4, -0.2) is 34.6 Å². The maximum absolute atomic E-state index is 12.2. The molecule has 2 atom stereocenters. The third kappa shape index (κ3) is 3.88. The number of nitrogens with one attached hydrogen (secondary N) is 4. The summed E-state index contributed by atoms with van der Waals surface area (Å²) in [6, 6.07) is 7.83. The zero-order valence-electron chi connectivity index (χ0n) is 13.1. The predicted octanol–water partition coefficient (Wildman–Crippen LogP) is 0.556. The molecule has 0 saturated carbocycles. The molecule has 122 valence electrons. The van der Waals surface area contributed by atoms with Crippen molar-refractivity contribution in [2.24, 2.45) is 7.05 Å². The molecule has 2 aromatic rings. The summed E-state index contributed by atoms with van der Waals surface area (Å²) >= 11 is 0. The van der Waals surface area contributed by atoms with E-state index in [9.17, 15) is 4.79 Å². The van der Waals surface area contributed by atoms with Crippen molar-refractivity contribution < 1.29 is 4.79 Å². The topological polar surface area (TPSA) is 83.0 Å². The molecule has 0 aliphatic carbocycles. The van der Waals surface area contributed by atoms with Gasteiger partial charge in [0.2, 0.25) is 5.91 Å². The van der Waals surface area contributed by atoms with Crippen LogP contribution in [0, 0.1) is 0 Å². The van der Waals surface area contributed by atoms with Crippen molar-refractivity contribution in [2.75, 3.05) is 18.4 Å². The summed E-state index contributed by atoms with van der Waals surface area (Å²) in [6.45, 7) is 1.24. The molecule has 0 radical (unpaired) electrons. The smallest absolute Gasteiger partial charge is 0.238 e. The van der Waals surface area contributed by atoms with Gasteiger partial charge in [0, 0.05) is 44.4 Å². The van der Waals surface area contributed by atoms with Gasteiger partial charge in [-0.3, -0.25) is 9.78 Å². The summed E-state index contributed by atoms with van der Waals surface area (Å²) < 4.78 is 2.07. The molecule has 1 aliphatic rings. The second kappa shape index (κ2) is 7.26. The van der Waals surface area contributed by atoms with E-state index in [0.717, 1.165) is 12.1 Å². The molecule has 3 rings (SSSR count). The number of carbonyl (C=O) groups is 1. The van der Waals surface area contributed by atoms with E-state index in [4.69, 9.17) is 0 Å². The first-order chi connectivity index (χ1) is 11.2. The van der Waals surface area contributed by atoms with Gasteiger partial charge in [0.05, 0.1) is 11.7 Å². The lowest BCUT2D eigenvalue weighted by Gasteiger charge is -2.12. The number of anilines is 1. The van der Waals surface area contributed by atoms with E-state index in [1.807, 2.05) is 31.4 Å². The van der Waals surface area contributed by atoms with E-state index in [-0.39, 0.29) is 18.0 Å². The van der Waals surface area contributed by atoms with Gasteiger partial charge in [-0.15, -0.1) is 0 Å². The Morgan fingerprint density at radius 2 is 2.26 bits per heavy atom. The van der Waals surface area contributed by atoms with Crippen molar-refractivity contribution in [1.29, 1.82) is 0 Å². The molecule has 0 aromatic carbocycles. The molecule has 1 fully saturated rings. The van der Waals surface area contributed by atoms with E-state index in [1.54, 1.807) is 12.4 Å². The Bertz CT molecular complexity index is 641. The lowest BCUT2D eigenvalue weighted by Crippen LogP contribution is -2.44. The highest BCUT2D eigenvalue weighted by molar-refractivity contribution is 5.82. The van der Waals surface area contributed by atoms with Gasteiger partial charge in [0.1, 0.15) is 6.04 Å². The molecular weight excluding hydrogens is 292 g/mol. The fourth-order valence-corrected chi connectivity index (χ4v) is 2.74. The molecule has 1 amide bonds. The number of aryl methyl sites for hydroxylation is 1. The largest absolute Gasteiger partial charge is 0.382 e. The molecule has 7 nitrogen and oxygen atoms in total. The van der Waals surface area contributed by atoms with Crippen LogP contribution in [0.3, 0.4) is 0 Å². The van der Waals surface area contributed by atoms with Gasteiger partial charge in [0.15, 0.2) is 0 Å². The van der Waals surface area contributed by atoms with Crippen LogP contribution in [-0.2, 0) is 11.8 Å². The molecular formula is C16H22N6O. The van der Waals surface area contributed by atoms with Crippen LogP contribution < -0.4 is 21.5 Å². The van der Waals surface area contributed by atoms with Crippen molar-refractivity contribution in [1.82, 2.24) is 25.7 Å². The minimum Gasteiger partial charge on any atom is -0.382 e. The van der Waals surface area contributed by atoms with Gasteiger partial charge < -0.3 is 15.2 Å². The molecule has 0 spiro atoms. The number of rotatable bonds is 6. The zero-order valence-corrected chi connectivity index (χ0v) is 13.1. The summed E-state index contributed by atoms with van der Waals surface area (Å²) in [7, 11) is 2.01. The quantitative estimate of drug-likeness (QED) is 0.586. The predicted molar refractivity (Wildman–Crippen MR) is 88.6 cm³/mol. The highest BCUT2D eigenvalue weighted by atomic mass is 16.2. The number of pyridine rings is 1. The Kier molecular flexibility index (Phi) is 4.89. The first-order valence-electron chi connectivity index (χ1n) is 7.78. The number of hydrogen-bond donors (Lipinski definition) is 4. The summed E-state index contributed by atoms with van der Waals surface area (Å²) in [4.78, 5) is 16.2. The molecule has 3 heterocycles. The maximum atomic E-state index is 12.2. The number of hydrogen-bond acceptors (Lipinski definition) is 5. The van der Waals surface area contributed by atoms with Crippen LogP contribution in [0.5, 0.6) is 0 Å². The van der Waals surface area contributed by atoms with Crippen LogP contribution in [0.4, 0.5) is 5.69 Å². The van der Waals surface area contributed by atoms with Crippen LogP contribution in [0.25, 0.3) is 0 Å². The van der Waals surface area contributed by atoms with E-state index in [1.165, 1.54) is 5.69 Å². The Morgan fingerprint density at radius 3 is 3.00 bits per heavy atom. The van der Waals surface area contributed by atoms with E-state index < -0.39 is 0 Å². The van der Waals surface area contributed by atoms with E-state index in [2.05, 4.69) is 37.1 Å². The molecule has 1 saturated heterocycles. The normalized spacial score (nSPS) is 20.4. The van der Waals surface area contributed by atoms with Crippen LogP contribution >= 0.6 is 0 Å². The summed E-state index contributed by atoms with van der Waals surface area (Å²) in [5.41, 5.74) is 8.39. The minimum absolute atomic E-state index is 0.0159. The summed E-state index contributed by atoms with van der Waals surface area (Å²) in [5, 5.41) is 6.16. The number of nitrogens with zero attached hydrogens (tertiary/aromatic N) is 2. The Balaban J connectivity index is 1.40. The summed E-state index contributed by atoms with van der Waals surface area (Å²) in [5.74, 6) is 0.0159. The second-order valence-corrected chi connectivity index (χ2v) is 5.63. The van der Waals surface area contributed by atoms with Crippen molar-refractivity contribution in [2.45, 2.75) is 18.5 Å². The number of carbonyl (C=O) groups excluding carboxylic acids is 1. The molecule has 23 heavy (non-hydrogen) atoms. The highest BCUT2D eigenvalue weighted by Crippen LogP contribution is 2.22. The van der Waals surface area contributed by atoms with E-state index >= 15 is 0 Å². The third-order valence-corrected chi connectivity index (χ3v) is 3.98. The number of aromatic nitrogens is 2. The third-order valence-electron chi connectivity index (χ3n) is 3.98. The highest BCUT2D eigenvalue weighted by Gasteiger charge is 2.30. The van der Waals surface area contributed by atoms with Crippen molar-refractivity contribution in [3.05, 3.63) is 48.5 Å². The van der Waals surface area contributed by atoms with Crippen LogP contribution in [0.2, 0.25) is 0 Å². The molecule has 2 aromatic heterocycles. The first kappa shape index (κ1) is 15.5. The molecule has 1 aliphatic heterocycles. The van der Waals surface area contributed by atoms with E-state index in [0.29, 0.717) is 13.1 Å². The fraction of sp³-hybridized carbons (Fsp3) is 0.375. The summed E-state index contributed by atoms with van der Waals surface area (Å²) in [6.07, 6.45) is 6.23. The van der Waals surface area contributed by atoms with Gasteiger partial charge in [-0.25, -0.2) is 10.9 Å². The zero-order chi connectivity index (χ0) is 16.1. The van der Waals surface area contributed by atoms with Crippen LogP contribution in [0.15, 0.2) is 42.9 Å². The standard InChI is InChI=1S/C16H22N6O/c1-22-9-3-5-15(22)13-10-14(21-20-13)16(23)19-8-7-18-12-4-2-6-17-11-12/h2-6,9,11,13-14,18,20-21H,7-8,10H2,1H3,(H,19,23). The monoisotopic (exact) mass is 314 g/mol. The van der Waals surface area contributed by atoms with Gasteiger partial charge in [-0.05, 0) is 30.7 Å². The number of amides is 1. The average Bonchev–Trinajstić information content (AvgIpc) is 3.21. The minimum atomic E-state index is -0.215. The Labute approximate surface area is 135 Å². The molecule has 2 unspecified atom stereocenters. The fourth-order valence-electron chi connectivity index (χ4n) is 2.74. The van der Waals surface area contributed by atoms with Gasteiger partial charge in [-0.1, -0.05) is 0 Å². The van der Waals surface area contributed by atoms with Gasteiger partial charge in [0.25, 0.3) is 0 Å².